The van der Waals surface area contributed by atoms with Gasteiger partial charge in [0, 0.05) is 44.2 Å². The summed E-state index contributed by atoms with van der Waals surface area (Å²) in [6.45, 7) is 1.67. The number of carboxylic acids is 1. The molecule has 1 fully saturated rings. The summed E-state index contributed by atoms with van der Waals surface area (Å²) in [6.07, 6.45) is 3.91. The molecule has 1 aromatic carbocycles. The van der Waals surface area contributed by atoms with Crippen molar-refractivity contribution in [3.05, 3.63) is 28.2 Å². The molecule has 160 valence electrons. The number of imide groups is 1. The van der Waals surface area contributed by atoms with Gasteiger partial charge in [-0.15, -0.1) is 0 Å². The number of aromatic nitrogens is 2. The molecule has 2 amide bonds. The van der Waals surface area contributed by atoms with Crippen LogP contribution in [-0.4, -0.2) is 45.1 Å². The molecule has 0 saturated carbocycles. The third-order valence-electron chi connectivity index (χ3n) is 6.11. The van der Waals surface area contributed by atoms with E-state index in [9.17, 15) is 19.2 Å². The Balaban J connectivity index is 1.70. The first kappa shape index (κ1) is 20.2. The Bertz CT molecular complexity index is 1080. The second-order valence-electron chi connectivity index (χ2n) is 8.05. The van der Waals surface area contributed by atoms with Crippen LogP contribution in [0.25, 0.3) is 11.0 Å². The van der Waals surface area contributed by atoms with Crippen LogP contribution in [0.5, 0.6) is 0 Å². The number of carbonyl (C=O) groups is 3. The van der Waals surface area contributed by atoms with Crippen molar-refractivity contribution in [3.63, 3.8) is 0 Å². The summed E-state index contributed by atoms with van der Waals surface area (Å²) in [5.74, 6) is -1.51. The first-order valence-electron chi connectivity index (χ1n) is 10.4. The number of nitrogens with one attached hydrogen (secondary N) is 1. The number of hydrogen-bond donors (Lipinski definition) is 2. The first-order valence-corrected chi connectivity index (χ1v) is 10.4. The molecule has 0 aliphatic carbocycles. The van der Waals surface area contributed by atoms with E-state index in [1.165, 1.54) is 4.57 Å². The van der Waals surface area contributed by atoms with E-state index in [2.05, 4.69) is 10.2 Å². The predicted molar refractivity (Wildman–Crippen MR) is 111 cm³/mol. The third kappa shape index (κ3) is 3.48. The smallest absolute Gasteiger partial charge is 0.329 e. The zero-order valence-corrected chi connectivity index (χ0v) is 17.0. The minimum Gasteiger partial charge on any atom is -0.481 e. The normalized spacial score (nSPS) is 19.1. The molecule has 0 radical (unpaired) electrons. The monoisotopic (exact) mass is 414 g/mol. The average molecular weight is 414 g/mol. The van der Waals surface area contributed by atoms with Crippen molar-refractivity contribution in [3.8, 4) is 0 Å². The maximum atomic E-state index is 13.0. The van der Waals surface area contributed by atoms with Crippen LogP contribution in [0, 0.1) is 0 Å². The van der Waals surface area contributed by atoms with Gasteiger partial charge >= 0.3 is 11.7 Å². The van der Waals surface area contributed by atoms with Gasteiger partial charge in [0.05, 0.1) is 11.0 Å². The van der Waals surface area contributed by atoms with Crippen molar-refractivity contribution in [2.45, 2.75) is 51.0 Å². The number of hydrogen-bond acceptors (Lipinski definition) is 5. The van der Waals surface area contributed by atoms with Gasteiger partial charge in [0.1, 0.15) is 6.04 Å². The van der Waals surface area contributed by atoms with Gasteiger partial charge < -0.3 is 10.0 Å². The highest BCUT2D eigenvalue weighted by Crippen LogP contribution is 2.34. The molecule has 4 rings (SSSR count). The van der Waals surface area contributed by atoms with Crippen LogP contribution < -0.4 is 15.9 Å². The lowest BCUT2D eigenvalue weighted by atomic mass is 9.99. The molecule has 2 aliphatic heterocycles. The summed E-state index contributed by atoms with van der Waals surface area (Å²) >= 11 is 0. The lowest BCUT2D eigenvalue weighted by molar-refractivity contribution is -0.137. The molecule has 0 bridgehead atoms. The maximum absolute atomic E-state index is 13.0. The third-order valence-corrected chi connectivity index (χ3v) is 6.11. The van der Waals surface area contributed by atoms with Gasteiger partial charge in [0.15, 0.2) is 0 Å². The van der Waals surface area contributed by atoms with E-state index in [1.807, 2.05) is 12.1 Å². The number of fused-ring (bicyclic) bond motifs is 3. The van der Waals surface area contributed by atoms with Gasteiger partial charge in [-0.3, -0.25) is 28.8 Å². The molecule has 1 saturated heterocycles. The standard InChI is InChI=1S/C21H26N4O5/c1-23-19-13-5-4-12-24(11-3-2-6-18(27)28)14(13)7-8-15(19)25(21(23)30)16-9-10-17(26)22-20(16)29/h7-8,16H,2-6,9-12H2,1H3,(H,27,28)(H,22,26,29). The van der Waals surface area contributed by atoms with Gasteiger partial charge in [-0.1, -0.05) is 0 Å². The van der Waals surface area contributed by atoms with Crippen LogP contribution in [0.15, 0.2) is 16.9 Å². The molecule has 0 spiro atoms. The van der Waals surface area contributed by atoms with Crippen LogP contribution in [0.2, 0.25) is 0 Å². The van der Waals surface area contributed by atoms with E-state index in [4.69, 9.17) is 5.11 Å². The fourth-order valence-electron chi connectivity index (χ4n) is 4.69. The molecular weight excluding hydrogens is 388 g/mol. The van der Waals surface area contributed by atoms with Gasteiger partial charge in [-0.25, -0.2) is 4.79 Å². The molecule has 2 aromatic rings. The van der Waals surface area contributed by atoms with Gasteiger partial charge in [0.2, 0.25) is 11.8 Å². The number of anilines is 1. The van der Waals surface area contributed by atoms with Crippen LogP contribution in [0.4, 0.5) is 5.69 Å². The van der Waals surface area contributed by atoms with Crippen molar-refractivity contribution in [1.82, 2.24) is 14.5 Å². The summed E-state index contributed by atoms with van der Waals surface area (Å²) < 4.78 is 3.12. The van der Waals surface area contributed by atoms with Crippen molar-refractivity contribution >= 4 is 34.5 Å². The lowest BCUT2D eigenvalue weighted by Crippen LogP contribution is -2.44. The number of nitrogens with zero attached hydrogens (tertiary/aromatic N) is 3. The number of carboxylic acid groups (broad SMARTS) is 1. The minimum absolute atomic E-state index is 0.170. The highest BCUT2D eigenvalue weighted by molar-refractivity contribution is 6.00. The SMILES string of the molecule is Cn1c(=O)n(C2CCC(=O)NC2=O)c2ccc3c(c21)CCCN3CCCCC(=O)O. The van der Waals surface area contributed by atoms with Gasteiger partial charge in [0.25, 0.3) is 0 Å². The van der Waals surface area contributed by atoms with E-state index < -0.39 is 17.9 Å². The molecule has 3 heterocycles. The zero-order chi connectivity index (χ0) is 21.4. The summed E-state index contributed by atoms with van der Waals surface area (Å²) in [5, 5.41) is 11.2. The first-order chi connectivity index (χ1) is 14.4. The number of aryl methyl sites for hydroxylation is 2. The molecule has 1 unspecified atom stereocenters. The number of carbonyl (C=O) groups excluding carboxylic acids is 2. The van der Waals surface area contributed by atoms with Gasteiger partial charge in [-0.05, 0) is 44.2 Å². The fraction of sp³-hybridized carbons (Fsp3) is 0.524. The van der Waals surface area contributed by atoms with Crippen LogP contribution in [-0.2, 0) is 27.9 Å². The predicted octanol–water partition coefficient (Wildman–Crippen LogP) is 1.33. The summed E-state index contributed by atoms with van der Waals surface area (Å²) in [5.41, 5.74) is 3.44. The van der Waals surface area contributed by atoms with E-state index in [0.717, 1.165) is 49.1 Å². The fourth-order valence-corrected chi connectivity index (χ4v) is 4.69. The lowest BCUT2D eigenvalue weighted by Gasteiger charge is -2.32. The number of piperidine rings is 1. The summed E-state index contributed by atoms with van der Waals surface area (Å²) in [7, 11) is 1.72. The van der Waals surface area contributed by atoms with Crippen molar-refractivity contribution in [1.29, 1.82) is 0 Å². The largest absolute Gasteiger partial charge is 0.481 e. The van der Waals surface area contributed by atoms with Crippen molar-refractivity contribution < 1.29 is 19.5 Å². The summed E-state index contributed by atoms with van der Waals surface area (Å²) in [4.78, 5) is 50.0. The van der Waals surface area contributed by atoms with Crippen molar-refractivity contribution in [2.75, 3.05) is 18.0 Å². The second kappa shape index (κ2) is 7.97. The Morgan fingerprint density at radius 2 is 2.00 bits per heavy atom. The minimum atomic E-state index is -0.777. The molecule has 9 nitrogen and oxygen atoms in total. The Morgan fingerprint density at radius 3 is 2.73 bits per heavy atom. The Morgan fingerprint density at radius 1 is 1.20 bits per heavy atom. The highest BCUT2D eigenvalue weighted by Gasteiger charge is 2.32. The molecule has 30 heavy (non-hydrogen) atoms. The molecule has 2 aliphatic rings. The number of imidazole rings is 1. The second-order valence-corrected chi connectivity index (χ2v) is 8.05. The van der Waals surface area contributed by atoms with Gasteiger partial charge in [-0.2, -0.15) is 0 Å². The number of unbranched alkanes of at least 4 members (excludes halogenated alkanes) is 1. The molecule has 1 atom stereocenters. The number of aliphatic carboxylic acids is 1. The molecule has 9 heteroatoms. The Kier molecular flexibility index (Phi) is 5.36. The number of amides is 2. The van der Waals surface area contributed by atoms with E-state index in [1.54, 1.807) is 11.6 Å². The van der Waals surface area contributed by atoms with Crippen LogP contribution in [0.1, 0.15) is 50.1 Å². The zero-order valence-electron chi connectivity index (χ0n) is 17.0. The van der Waals surface area contributed by atoms with E-state index >= 15 is 0 Å². The Labute approximate surface area is 173 Å². The quantitative estimate of drug-likeness (QED) is 0.545. The summed E-state index contributed by atoms with van der Waals surface area (Å²) in [6, 6.07) is 3.19. The maximum Gasteiger partial charge on any atom is 0.329 e. The topological polar surface area (TPSA) is 114 Å². The van der Waals surface area contributed by atoms with Crippen molar-refractivity contribution in [2.24, 2.45) is 7.05 Å². The molecular formula is C21H26N4O5. The van der Waals surface area contributed by atoms with Crippen LogP contribution in [0.3, 0.4) is 0 Å². The Hall–Kier alpha value is -3.10. The van der Waals surface area contributed by atoms with E-state index in [-0.39, 0.29) is 24.4 Å². The highest BCUT2D eigenvalue weighted by atomic mass is 16.4. The molecule has 1 aromatic heterocycles. The average Bonchev–Trinajstić information content (AvgIpc) is 2.96. The number of rotatable bonds is 6. The van der Waals surface area contributed by atoms with Crippen LogP contribution >= 0.6 is 0 Å². The number of benzene rings is 1. The molecule has 2 N–H and O–H groups in total. The van der Waals surface area contributed by atoms with E-state index in [0.29, 0.717) is 18.4 Å².